The predicted octanol–water partition coefficient (Wildman–Crippen LogP) is 1.35. The lowest BCUT2D eigenvalue weighted by Gasteiger charge is -2.44. The molecule has 4 atom stereocenters. The Kier molecular flexibility index (Phi) is 7.68. The van der Waals surface area contributed by atoms with Crippen molar-refractivity contribution in [3.63, 3.8) is 0 Å². The molecule has 2 aliphatic heterocycles. The van der Waals surface area contributed by atoms with Crippen molar-refractivity contribution in [3.05, 3.63) is 11.5 Å². The third kappa shape index (κ3) is 5.50. The number of hydrogen-bond donors (Lipinski definition) is 3. The highest BCUT2D eigenvalue weighted by atomic mass is 16.5. The van der Waals surface area contributed by atoms with Gasteiger partial charge in [-0.1, -0.05) is 12.1 Å². The summed E-state index contributed by atoms with van der Waals surface area (Å²) in [6, 6.07) is -0.613. The van der Waals surface area contributed by atoms with Gasteiger partial charge < -0.3 is 34.6 Å². The Bertz CT molecular complexity index is 719. The van der Waals surface area contributed by atoms with Crippen molar-refractivity contribution in [1.29, 1.82) is 0 Å². The minimum Gasteiger partial charge on any atom is -0.389 e. The van der Waals surface area contributed by atoms with Crippen molar-refractivity contribution in [2.75, 3.05) is 31.6 Å². The molecule has 3 heterocycles. The van der Waals surface area contributed by atoms with Crippen molar-refractivity contribution in [2.45, 2.75) is 70.8 Å². The van der Waals surface area contributed by atoms with Gasteiger partial charge in [0, 0.05) is 6.54 Å². The fourth-order valence-electron chi connectivity index (χ4n) is 3.96. The molecule has 3 N–H and O–H groups in total. The average molecular weight is 424 g/mol. The third-order valence-corrected chi connectivity index (χ3v) is 5.49. The molecule has 0 bridgehead atoms. The van der Waals surface area contributed by atoms with E-state index in [0.29, 0.717) is 36.5 Å². The fourth-order valence-corrected chi connectivity index (χ4v) is 3.96. The van der Waals surface area contributed by atoms with E-state index in [1.54, 1.807) is 18.7 Å². The molecule has 10 heteroatoms. The summed E-state index contributed by atoms with van der Waals surface area (Å²) in [6.07, 6.45) is 1.09. The molecular formula is C20H32N4O6. The zero-order valence-corrected chi connectivity index (χ0v) is 17.8. The number of hydrogen-bond acceptors (Lipinski definition) is 7. The lowest BCUT2D eigenvalue weighted by molar-refractivity contribution is -0.149. The maximum absolute atomic E-state index is 13.1. The van der Waals surface area contributed by atoms with Gasteiger partial charge in [-0.2, -0.15) is 0 Å². The number of aliphatic hydroxyl groups is 1. The molecule has 0 radical (unpaired) electrons. The lowest BCUT2D eigenvalue weighted by atomic mass is 9.95. The Balaban J connectivity index is 1.69. The summed E-state index contributed by atoms with van der Waals surface area (Å²) in [6.45, 7) is 6.63. The number of urea groups is 1. The number of β-amino-alcohol motifs (C(OH)–C–C–N with tert-alkyl or cyclic N) is 1. The quantitative estimate of drug-likeness (QED) is 0.651. The summed E-state index contributed by atoms with van der Waals surface area (Å²) < 4.78 is 16.9. The molecule has 0 aliphatic carbocycles. The Morgan fingerprint density at radius 1 is 1.27 bits per heavy atom. The van der Waals surface area contributed by atoms with E-state index in [1.165, 1.54) is 0 Å². The Hall–Kier alpha value is -2.17. The van der Waals surface area contributed by atoms with E-state index in [-0.39, 0.29) is 56.4 Å². The van der Waals surface area contributed by atoms with E-state index in [2.05, 4.69) is 15.8 Å². The second-order valence-corrected chi connectivity index (χ2v) is 7.97. The Morgan fingerprint density at radius 2 is 2.07 bits per heavy atom. The molecule has 3 rings (SSSR count). The van der Waals surface area contributed by atoms with E-state index < -0.39 is 6.10 Å². The SMILES string of the molecule is CCCNC(=O)C[C@H]1CC[C@H]2[C@@H](COC[C@H](O)CN2C(=O)Nc2c(C)noc2C)O1. The van der Waals surface area contributed by atoms with Gasteiger partial charge in [0.25, 0.3) is 0 Å². The summed E-state index contributed by atoms with van der Waals surface area (Å²) in [5.74, 6) is 0.488. The number of carbonyl (C=O) groups is 2. The van der Waals surface area contributed by atoms with Crippen molar-refractivity contribution >= 4 is 17.6 Å². The summed E-state index contributed by atoms with van der Waals surface area (Å²) in [5, 5.41) is 19.8. The number of ether oxygens (including phenoxy) is 2. The van der Waals surface area contributed by atoms with Crippen molar-refractivity contribution in [2.24, 2.45) is 0 Å². The van der Waals surface area contributed by atoms with Crippen LogP contribution in [0.1, 0.15) is 44.1 Å². The molecule has 2 aliphatic rings. The largest absolute Gasteiger partial charge is 0.389 e. The number of aryl methyl sites for hydroxylation is 2. The van der Waals surface area contributed by atoms with Crippen molar-refractivity contribution < 1.29 is 28.7 Å². The van der Waals surface area contributed by atoms with E-state index in [1.807, 2.05) is 6.92 Å². The van der Waals surface area contributed by atoms with Gasteiger partial charge in [0.2, 0.25) is 5.91 Å². The zero-order chi connectivity index (χ0) is 21.7. The van der Waals surface area contributed by atoms with Crippen LogP contribution in [0.25, 0.3) is 0 Å². The molecule has 10 nitrogen and oxygen atoms in total. The molecule has 1 aromatic rings. The van der Waals surface area contributed by atoms with Crippen LogP contribution in [0.4, 0.5) is 10.5 Å². The van der Waals surface area contributed by atoms with Gasteiger partial charge in [0.05, 0.1) is 44.4 Å². The standard InChI is InChI=1S/C20H32N4O6/c1-4-7-21-18(26)8-15-5-6-16-17(29-15)11-28-10-14(25)9-24(16)20(27)22-19-12(2)23-30-13(19)3/h14-17,25H,4-11H2,1-3H3,(H,21,26)(H,22,27)/t14-,15-,16+,17-/m1/s1. The number of aliphatic hydroxyl groups excluding tert-OH is 1. The summed E-state index contributed by atoms with van der Waals surface area (Å²) in [7, 11) is 0. The first-order valence-corrected chi connectivity index (χ1v) is 10.6. The molecule has 2 fully saturated rings. The number of anilines is 1. The molecule has 168 valence electrons. The van der Waals surface area contributed by atoms with Gasteiger partial charge in [-0.3, -0.25) is 4.79 Å². The van der Waals surface area contributed by atoms with Crippen LogP contribution < -0.4 is 10.6 Å². The van der Waals surface area contributed by atoms with Crippen LogP contribution in [-0.2, 0) is 14.3 Å². The van der Waals surface area contributed by atoms with Gasteiger partial charge in [-0.05, 0) is 33.1 Å². The van der Waals surface area contributed by atoms with E-state index in [9.17, 15) is 14.7 Å². The van der Waals surface area contributed by atoms with Crippen LogP contribution in [0.15, 0.2) is 4.52 Å². The number of nitrogens with zero attached hydrogens (tertiary/aromatic N) is 2. The second-order valence-electron chi connectivity index (χ2n) is 7.97. The number of rotatable bonds is 5. The van der Waals surface area contributed by atoms with Crippen molar-refractivity contribution in [3.8, 4) is 0 Å². The van der Waals surface area contributed by atoms with E-state index in [4.69, 9.17) is 14.0 Å². The highest BCUT2D eigenvalue weighted by molar-refractivity contribution is 5.90. The van der Waals surface area contributed by atoms with E-state index >= 15 is 0 Å². The zero-order valence-electron chi connectivity index (χ0n) is 17.8. The van der Waals surface area contributed by atoms with Gasteiger partial charge in [-0.25, -0.2) is 4.79 Å². The highest BCUT2D eigenvalue weighted by Gasteiger charge is 2.40. The van der Waals surface area contributed by atoms with Crippen molar-refractivity contribution in [1.82, 2.24) is 15.4 Å². The Labute approximate surface area is 176 Å². The normalized spacial score (nSPS) is 27.0. The topological polar surface area (TPSA) is 126 Å². The fraction of sp³-hybridized carbons (Fsp3) is 0.750. The minimum atomic E-state index is -0.793. The van der Waals surface area contributed by atoms with Crippen LogP contribution in [-0.4, -0.2) is 77.8 Å². The van der Waals surface area contributed by atoms with Crippen LogP contribution in [0.5, 0.6) is 0 Å². The lowest BCUT2D eigenvalue weighted by Crippen LogP contribution is -2.58. The van der Waals surface area contributed by atoms with Crippen LogP contribution in [0.3, 0.4) is 0 Å². The summed E-state index contributed by atoms with van der Waals surface area (Å²) in [5.41, 5.74) is 1.12. The predicted molar refractivity (Wildman–Crippen MR) is 108 cm³/mol. The monoisotopic (exact) mass is 424 g/mol. The first-order valence-electron chi connectivity index (χ1n) is 10.6. The highest BCUT2D eigenvalue weighted by Crippen LogP contribution is 2.29. The van der Waals surface area contributed by atoms with Crippen LogP contribution in [0, 0.1) is 13.8 Å². The van der Waals surface area contributed by atoms with E-state index in [0.717, 1.165) is 6.42 Å². The average Bonchev–Trinajstić information content (AvgIpc) is 3.01. The number of nitrogens with one attached hydrogen (secondary N) is 2. The molecule has 0 aromatic carbocycles. The molecule has 0 saturated carbocycles. The maximum Gasteiger partial charge on any atom is 0.322 e. The number of aromatic nitrogens is 1. The summed E-state index contributed by atoms with van der Waals surface area (Å²) >= 11 is 0. The number of carbonyl (C=O) groups excluding carboxylic acids is 2. The maximum atomic E-state index is 13.1. The second kappa shape index (κ2) is 10.2. The first-order chi connectivity index (χ1) is 14.4. The molecule has 0 spiro atoms. The smallest absolute Gasteiger partial charge is 0.322 e. The van der Waals surface area contributed by atoms with Crippen LogP contribution in [0.2, 0.25) is 0 Å². The third-order valence-electron chi connectivity index (χ3n) is 5.49. The molecule has 1 aromatic heterocycles. The Morgan fingerprint density at radius 3 is 2.77 bits per heavy atom. The first kappa shape index (κ1) is 22.5. The van der Waals surface area contributed by atoms with Gasteiger partial charge >= 0.3 is 6.03 Å². The number of amides is 3. The molecule has 0 unspecified atom stereocenters. The number of fused-ring (bicyclic) bond motifs is 1. The molecule has 3 amide bonds. The minimum absolute atomic E-state index is 0.0320. The van der Waals surface area contributed by atoms with Crippen LogP contribution >= 0.6 is 0 Å². The molecular weight excluding hydrogens is 392 g/mol. The van der Waals surface area contributed by atoms with Gasteiger partial charge in [0.1, 0.15) is 17.5 Å². The molecule has 2 saturated heterocycles. The van der Waals surface area contributed by atoms with Gasteiger partial charge in [0.15, 0.2) is 5.76 Å². The molecule has 30 heavy (non-hydrogen) atoms. The summed E-state index contributed by atoms with van der Waals surface area (Å²) in [4.78, 5) is 26.8. The van der Waals surface area contributed by atoms with Gasteiger partial charge in [-0.15, -0.1) is 0 Å².